The summed E-state index contributed by atoms with van der Waals surface area (Å²) >= 11 is 1.15. The first kappa shape index (κ1) is 16.1. The number of alkyl halides is 2. The van der Waals surface area contributed by atoms with E-state index in [0.717, 1.165) is 11.8 Å². The molecule has 0 spiro atoms. The van der Waals surface area contributed by atoms with E-state index < -0.39 is 11.9 Å². The molecule has 0 saturated heterocycles. The Morgan fingerprint density at radius 1 is 1.41 bits per heavy atom. The molecule has 0 aliphatic heterocycles. The summed E-state index contributed by atoms with van der Waals surface area (Å²) in [6, 6.07) is 5.98. The van der Waals surface area contributed by atoms with Crippen LogP contribution in [0, 0.1) is 0 Å². The predicted molar refractivity (Wildman–Crippen MR) is 75.8 cm³/mol. The van der Waals surface area contributed by atoms with E-state index in [2.05, 4.69) is 25.6 Å². The van der Waals surface area contributed by atoms with Crippen molar-refractivity contribution in [2.45, 2.75) is 23.9 Å². The number of tetrazole rings is 1. The molecule has 0 fully saturated rings. The predicted octanol–water partition coefficient (Wildman–Crippen LogP) is 1.93. The van der Waals surface area contributed by atoms with E-state index in [4.69, 9.17) is 0 Å². The third-order valence-corrected chi connectivity index (χ3v) is 3.72. The molecule has 1 aromatic heterocycles. The van der Waals surface area contributed by atoms with Crippen LogP contribution in [-0.4, -0.2) is 38.0 Å². The summed E-state index contributed by atoms with van der Waals surface area (Å²) in [5.41, 5.74) is 0.177. The number of carbonyl (C=O) groups is 1. The number of hydrogen-bond donors (Lipinski definition) is 1. The average Bonchev–Trinajstić information content (AvgIpc) is 2.85. The topological polar surface area (TPSA) is 81.9 Å². The number of rotatable bonds is 6. The fourth-order valence-electron chi connectivity index (χ4n) is 1.54. The molecule has 1 amide bonds. The molecule has 1 N–H and O–H groups in total. The van der Waals surface area contributed by atoms with Gasteiger partial charge in [-0.2, -0.15) is 8.78 Å². The quantitative estimate of drug-likeness (QED) is 0.816. The number of benzene rings is 1. The maximum atomic E-state index is 12.3. The maximum absolute atomic E-state index is 12.3. The normalized spacial score (nSPS) is 12.2. The second-order valence-electron chi connectivity index (χ2n) is 4.21. The first-order valence-corrected chi connectivity index (χ1v) is 7.09. The highest BCUT2D eigenvalue weighted by Crippen LogP contribution is 2.27. The molecular formula is C12H13F2N5O2S. The van der Waals surface area contributed by atoms with Crippen LogP contribution in [-0.2, 0) is 11.8 Å². The van der Waals surface area contributed by atoms with Crippen LogP contribution in [0.15, 0.2) is 29.4 Å². The highest BCUT2D eigenvalue weighted by atomic mass is 32.2. The zero-order valence-corrected chi connectivity index (χ0v) is 12.6. The number of nitrogens with zero attached hydrogens (tertiary/aromatic N) is 4. The molecule has 22 heavy (non-hydrogen) atoms. The number of thioether (sulfide) groups is 1. The highest BCUT2D eigenvalue weighted by molar-refractivity contribution is 8.00. The number of ether oxygens (including phenoxy) is 1. The summed E-state index contributed by atoms with van der Waals surface area (Å²) < 4.78 is 30.5. The number of aromatic nitrogens is 4. The molecule has 0 aliphatic carbocycles. The standard InChI is InChI=1S/C12H13F2N5O2S/c1-7(22-12-16-17-18-19(12)2)10(20)15-8-5-3-4-6-9(8)21-11(13)14/h3-7,11H,1-2H3,(H,15,20)/t7-/m0/s1. The fraction of sp³-hybridized carbons (Fsp3) is 0.333. The SMILES string of the molecule is C[C@H](Sc1nnnn1C)C(=O)Nc1ccccc1OC(F)F. The molecule has 1 atom stereocenters. The number of aryl methyl sites for hydroxylation is 1. The van der Waals surface area contributed by atoms with Crippen LogP contribution in [0.2, 0.25) is 0 Å². The van der Waals surface area contributed by atoms with Crippen LogP contribution in [0.25, 0.3) is 0 Å². The number of halogens is 2. The molecule has 7 nitrogen and oxygen atoms in total. The van der Waals surface area contributed by atoms with Gasteiger partial charge in [-0.3, -0.25) is 4.79 Å². The van der Waals surface area contributed by atoms with E-state index in [1.165, 1.54) is 22.9 Å². The molecule has 118 valence electrons. The maximum Gasteiger partial charge on any atom is 0.387 e. The summed E-state index contributed by atoms with van der Waals surface area (Å²) in [5.74, 6) is -0.471. The van der Waals surface area contributed by atoms with Crippen molar-refractivity contribution in [3.63, 3.8) is 0 Å². The van der Waals surface area contributed by atoms with Crippen molar-refractivity contribution in [3.05, 3.63) is 24.3 Å². The first-order valence-electron chi connectivity index (χ1n) is 6.21. The number of amides is 1. The van der Waals surface area contributed by atoms with Gasteiger partial charge in [-0.25, -0.2) is 4.68 Å². The van der Waals surface area contributed by atoms with E-state index in [0.29, 0.717) is 5.16 Å². The number of carbonyl (C=O) groups excluding carboxylic acids is 1. The molecule has 0 aliphatic rings. The van der Waals surface area contributed by atoms with Gasteiger partial charge in [-0.05, 0) is 29.5 Å². The lowest BCUT2D eigenvalue weighted by molar-refractivity contribution is -0.115. The average molecular weight is 329 g/mol. The summed E-state index contributed by atoms with van der Waals surface area (Å²) in [4.78, 5) is 12.1. The van der Waals surface area contributed by atoms with Gasteiger partial charge in [0.25, 0.3) is 0 Å². The van der Waals surface area contributed by atoms with Crippen molar-refractivity contribution >= 4 is 23.4 Å². The molecular weight excluding hydrogens is 316 g/mol. The van der Waals surface area contributed by atoms with E-state index in [1.54, 1.807) is 20.0 Å². The summed E-state index contributed by atoms with van der Waals surface area (Å²) in [7, 11) is 1.65. The van der Waals surface area contributed by atoms with Crippen molar-refractivity contribution in [3.8, 4) is 5.75 Å². The molecule has 10 heteroatoms. The van der Waals surface area contributed by atoms with Gasteiger partial charge in [0, 0.05) is 7.05 Å². The number of para-hydroxylation sites is 2. The number of hydrogen-bond acceptors (Lipinski definition) is 6. The van der Waals surface area contributed by atoms with Gasteiger partial charge >= 0.3 is 6.61 Å². The van der Waals surface area contributed by atoms with Gasteiger partial charge in [0.15, 0.2) is 0 Å². The third kappa shape index (κ3) is 4.13. The largest absolute Gasteiger partial charge is 0.433 e. The van der Waals surface area contributed by atoms with Crippen LogP contribution in [0.1, 0.15) is 6.92 Å². The van der Waals surface area contributed by atoms with Crippen molar-refractivity contribution in [2.24, 2.45) is 7.05 Å². The van der Waals surface area contributed by atoms with E-state index in [1.807, 2.05) is 0 Å². The monoisotopic (exact) mass is 329 g/mol. The van der Waals surface area contributed by atoms with Gasteiger partial charge in [0.1, 0.15) is 5.75 Å². The second-order valence-corrected chi connectivity index (χ2v) is 5.52. The zero-order chi connectivity index (χ0) is 16.1. The summed E-state index contributed by atoms with van der Waals surface area (Å²) in [5, 5.41) is 13.4. The summed E-state index contributed by atoms with van der Waals surface area (Å²) in [6.07, 6.45) is 0. The zero-order valence-electron chi connectivity index (χ0n) is 11.7. The Kier molecular flexibility index (Phi) is 5.26. The van der Waals surface area contributed by atoms with Gasteiger partial charge in [-0.15, -0.1) is 5.10 Å². The minimum Gasteiger partial charge on any atom is -0.433 e. The minimum absolute atomic E-state index is 0.0941. The molecule has 1 heterocycles. The van der Waals surface area contributed by atoms with Crippen LogP contribution in [0.4, 0.5) is 14.5 Å². The van der Waals surface area contributed by atoms with E-state index in [9.17, 15) is 13.6 Å². The molecule has 0 bridgehead atoms. The van der Waals surface area contributed by atoms with Crippen LogP contribution in [0.5, 0.6) is 5.75 Å². The van der Waals surface area contributed by atoms with Crippen LogP contribution < -0.4 is 10.1 Å². The van der Waals surface area contributed by atoms with Gasteiger partial charge in [-0.1, -0.05) is 23.9 Å². The highest BCUT2D eigenvalue weighted by Gasteiger charge is 2.19. The molecule has 2 rings (SSSR count). The van der Waals surface area contributed by atoms with Crippen molar-refractivity contribution < 1.29 is 18.3 Å². The van der Waals surface area contributed by atoms with Crippen LogP contribution in [0.3, 0.4) is 0 Å². The molecule has 1 aromatic carbocycles. The Bertz CT molecular complexity index is 652. The lowest BCUT2D eigenvalue weighted by Gasteiger charge is -2.14. The lowest BCUT2D eigenvalue weighted by atomic mass is 10.3. The molecule has 0 unspecified atom stereocenters. The Morgan fingerprint density at radius 3 is 2.77 bits per heavy atom. The van der Waals surface area contributed by atoms with Gasteiger partial charge in [0.2, 0.25) is 11.1 Å². The Balaban J connectivity index is 2.04. The van der Waals surface area contributed by atoms with Crippen molar-refractivity contribution in [1.29, 1.82) is 0 Å². The summed E-state index contributed by atoms with van der Waals surface area (Å²) in [6.45, 7) is -1.31. The Labute approximate surface area is 129 Å². The second kappa shape index (κ2) is 7.16. The van der Waals surface area contributed by atoms with Crippen LogP contribution >= 0.6 is 11.8 Å². The lowest BCUT2D eigenvalue weighted by Crippen LogP contribution is -2.23. The smallest absolute Gasteiger partial charge is 0.387 e. The van der Waals surface area contributed by atoms with E-state index in [-0.39, 0.29) is 17.3 Å². The molecule has 0 radical (unpaired) electrons. The van der Waals surface area contributed by atoms with E-state index >= 15 is 0 Å². The van der Waals surface area contributed by atoms with Gasteiger partial charge < -0.3 is 10.1 Å². The molecule has 0 saturated carbocycles. The fourth-order valence-corrected chi connectivity index (χ4v) is 2.29. The van der Waals surface area contributed by atoms with Crippen molar-refractivity contribution in [2.75, 3.05) is 5.32 Å². The number of anilines is 1. The number of nitrogens with one attached hydrogen (secondary N) is 1. The molecule has 2 aromatic rings. The first-order chi connectivity index (χ1) is 10.5. The Hall–Kier alpha value is -2.23. The minimum atomic E-state index is -2.96. The van der Waals surface area contributed by atoms with Gasteiger partial charge in [0.05, 0.1) is 10.9 Å². The Morgan fingerprint density at radius 2 is 2.14 bits per heavy atom. The third-order valence-electron chi connectivity index (χ3n) is 2.59. The van der Waals surface area contributed by atoms with Crippen molar-refractivity contribution in [1.82, 2.24) is 20.2 Å².